The van der Waals surface area contributed by atoms with Crippen LogP contribution in [0, 0.1) is 19.3 Å². The van der Waals surface area contributed by atoms with Crippen LogP contribution in [-0.4, -0.2) is 19.1 Å². The molecule has 3 heteroatoms. The van der Waals surface area contributed by atoms with Crippen molar-refractivity contribution in [1.29, 1.82) is 0 Å². The second-order valence-corrected chi connectivity index (χ2v) is 4.84. The van der Waals surface area contributed by atoms with Gasteiger partial charge in [-0.1, -0.05) is 29.7 Å². The maximum atomic E-state index is 12.4. The Morgan fingerprint density at radius 3 is 3.05 bits per heavy atom. The minimum Gasteiger partial charge on any atom is -0.464 e. The molecule has 100 valence electrons. The van der Waals surface area contributed by atoms with E-state index in [-0.39, 0.29) is 5.97 Å². The lowest BCUT2D eigenvalue weighted by Gasteiger charge is -2.28. The van der Waals surface area contributed by atoms with Crippen molar-refractivity contribution >= 4 is 5.97 Å². The Kier molecular flexibility index (Phi) is 3.92. The van der Waals surface area contributed by atoms with Crippen LogP contribution in [0.25, 0.3) is 0 Å². The lowest BCUT2D eigenvalue weighted by molar-refractivity contribution is -0.151. The van der Waals surface area contributed by atoms with Crippen LogP contribution < -0.4 is 5.32 Å². The van der Waals surface area contributed by atoms with Gasteiger partial charge in [-0.3, -0.25) is 5.32 Å². The molecule has 1 aromatic carbocycles. The lowest BCUT2D eigenvalue weighted by Crippen LogP contribution is -2.48. The number of hydrogen-bond donors (Lipinski definition) is 1. The van der Waals surface area contributed by atoms with E-state index in [1.165, 1.54) is 5.56 Å². The van der Waals surface area contributed by atoms with Crippen LogP contribution in [0.3, 0.4) is 0 Å². The normalized spacial score (nSPS) is 20.7. The summed E-state index contributed by atoms with van der Waals surface area (Å²) in [5, 5.41) is 3.20. The van der Waals surface area contributed by atoms with Crippen molar-refractivity contribution in [2.45, 2.75) is 32.2 Å². The first-order valence-electron chi connectivity index (χ1n) is 6.59. The van der Waals surface area contributed by atoms with E-state index in [4.69, 9.17) is 11.2 Å². The van der Waals surface area contributed by atoms with Gasteiger partial charge >= 0.3 is 5.97 Å². The minimum absolute atomic E-state index is 0.227. The average Bonchev–Trinajstić information content (AvgIpc) is 2.76. The number of benzene rings is 1. The number of carbonyl (C=O) groups is 1. The van der Waals surface area contributed by atoms with Gasteiger partial charge in [0.05, 0.1) is 13.2 Å². The molecular formula is C16H19NO2. The summed E-state index contributed by atoms with van der Waals surface area (Å²) in [7, 11) is 0. The molecule has 0 saturated heterocycles. The van der Waals surface area contributed by atoms with Gasteiger partial charge in [0.1, 0.15) is 5.54 Å². The number of rotatable bonds is 4. The molecule has 0 heterocycles. The van der Waals surface area contributed by atoms with Gasteiger partial charge in [0, 0.05) is 0 Å². The van der Waals surface area contributed by atoms with Crippen molar-refractivity contribution in [3.8, 4) is 12.3 Å². The Morgan fingerprint density at radius 2 is 2.37 bits per heavy atom. The van der Waals surface area contributed by atoms with Gasteiger partial charge in [-0.05, 0) is 37.8 Å². The quantitative estimate of drug-likeness (QED) is 0.661. The number of fused-ring (bicyclic) bond motifs is 1. The zero-order valence-electron chi connectivity index (χ0n) is 11.5. The summed E-state index contributed by atoms with van der Waals surface area (Å²) in [6, 6.07) is 6.22. The molecule has 0 aromatic heterocycles. The van der Waals surface area contributed by atoms with Crippen molar-refractivity contribution < 1.29 is 9.53 Å². The Morgan fingerprint density at radius 1 is 1.58 bits per heavy atom. The highest BCUT2D eigenvalue weighted by Gasteiger charge is 2.46. The van der Waals surface area contributed by atoms with Crippen LogP contribution in [0.1, 0.15) is 30.0 Å². The van der Waals surface area contributed by atoms with Crippen molar-refractivity contribution in [1.82, 2.24) is 5.32 Å². The van der Waals surface area contributed by atoms with E-state index in [1.807, 2.05) is 13.8 Å². The summed E-state index contributed by atoms with van der Waals surface area (Å²) in [6.07, 6.45) is 6.89. The molecule has 1 aromatic rings. The molecule has 0 amide bonds. The summed E-state index contributed by atoms with van der Waals surface area (Å²) >= 11 is 0. The fourth-order valence-electron chi connectivity index (χ4n) is 2.69. The number of aryl methyl sites for hydroxylation is 2. The molecule has 0 spiro atoms. The Hall–Kier alpha value is -1.79. The van der Waals surface area contributed by atoms with Gasteiger partial charge in [0.2, 0.25) is 0 Å². The maximum Gasteiger partial charge on any atom is 0.331 e. The molecular weight excluding hydrogens is 238 g/mol. The molecule has 0 bridgehead atoms. The monoisotopic (exact) mass is 257 g/mol. The molecule has 0 radical (unpaired) electrons. The number of terminal acetylenes is 1. The zero-order chi connectivity index (χ0) is 13.9. The number of esters is 1. The Labute approximate surface area is 114 Å². The van der Waals surface area contributed by atoms with Gasteiger partial charge in [0.25, 0.3) is 0 Å². The first-order chi connectivity index (χ1) is 9.14. The van der Waals surface area contributed by atoms with Gasteiger partial charge in [-0.2, -0.15) is 0 Å². The third-order valence-electron chi connectivity index (χ3n) is 3.61. The standard InChI is InChI=1S/C16H19NO2/c1-4-10-17-16(15(18)19-5-2)9-8-13-7-6-12(3)11-14(13)16/h1,6-7,11,17H,5,8-10H2,2-3H3. The van der Waals surface area contributed by atoms with Crippen LogP contribution >= 0.6 is 0 Å². The largest absolute Gasteiger partial charge is 0.464 e. The molecule has 19 heavy (non-hydrogen) atoms. The summed E-state index contributed by atoms with van der Waals surface area (Å²) in [6.45, 7) is 4.57. The van der Waals surface area contributed by atoms with E-state index >= 15 is 0 Å². The molecule has 0 aliphatic heterocycles. The third kappa shape index (κ3) is 2.36. The Bertz CT molecular complexity index is 530. The van der Waals surface area contributed by atoms with Crippen molar-refractivity contribution in [3.05, 3.63) is 34.9 Å². The maximum absolute atomic E-state index is 12.4. The number of nitrogens with one attached hydrogen (secondary N) is 1. The summed E-state index contributed by atoms with van der Waals surface area (Å²) < 4.78 is 5.25. The fourth-order valence-corrected chi connectivity index (χ4v) is 2.69. The van der Waals surface area contributed by atoms with E-state index in [9.17, 15) is 4.79 Å². The zero-order valence-corrected chi connectivity index (χ0v) is 11.5. The summed E-state index contributed by atoms with van der Waals surface area (Å²) in [4.78, 5) is 12.4. The van der Waals surface area contributed by atoms with Crippen LogP contribution in [0.5, 0.6) is 0 Å². The SMILES string of the molecule is C#CCNC1(C(=O)OCC)CCc2ccc(C)cc21. The Balaban J connectivity index is 2.44. The number of ether oxygens (including phenoxy) is 1. The second-order valence-electron chi connectivity index (χ2n) is 4.84. The van der Waals surface area contributed by atoms with Crippen molar-refractivity contribution in [2.75, 3.05) is 13.2 Å². The van der Waals surface area contributed by atoms with Crippen molar-refractivity contribution in [2.24, 2.45) is 0 Å². The first kappa shape index (κ1) is 13.6. The first-order valence-corrected chi connectivity index (χ1v) is 6.59. The third-order valence-corrected chi connectivity index (χ3v) is 3.61. The smallest absolute Gasteiger partial charge is 0.331 e. The van der Waals surface area contributed by atoms with Gasteiger partial charge in [-0.25, -0.2) is 4.79 Å². The van der Waals surface area contributed by atoms with Crippen LogP contribution in [0.2, 0.25) is 0 Å². The van der Waals surface area contributed by atoms with E-state index < -0.39 is 5.54 Å². The summed E-state index contributed by atoms with van der Waals surface area (Å²) in [5.41, 5.74) is 2.57. The van der Waals surface area contributed by atoms with Crippen molar-refractivity contribution in [3.63, 3.8) is 0 Å². The van der Waals surface area contributed by atoms with E-state index in [0.717, 1.165) is 17.5 Å². The van der Waals surface area contributed by atoms with Crippen LogP contribution in [-0.2, 0) is 21.5 Å². The highest BCUT2D eigenvalue weighted by atomic mass is 16.5. The predicted molar refractivity (Wildman–Crippen MR) is 74.6 cm³/mol. The van der Waals surface area contributed by atoms with Gasteiger partial charge in [-0.15, -0.1) is 6.42 Å². The minimum atomic E-state index is -0.774. The van der Waals surface area contributed by atoms with Crippen LogP contribution in [0.4, 0.5) is 0 Å². The highest BCUT2D eigenvalue weighted by Crippen LogP contribution is 2.38. The average molecular weight is 257 g/mol. The molecule has 3 nitrogen and oxygen atoms in total. The number of hydrogen-bond acceptors (Lipinski definition) is 3. The van der Waals surface area contributed by atoms with E-state index in [2.05, 4.69) is 29.4 Å². The second kappa shape index (κ2) is 5.46. The van der Waals surface area contributed by atoms with Gasteiger partial charge < -0.3 is 4.74 Å². The lowest BCUT2D eigenvalue weighted by atomic mass is 9.90. The molecule has 0 saturated carbocycles. The van der Waals surface area contributed by atoms with Gasteiger partial charge in [0.15, 0.2) is 0 Å². The fraction of sp³-hybridized carbons (Fsp3) is 0.438. The van der Waals surface area contributed by atoms with Crippen LogP contribution in [0.15, 0.2) is 18.2 Å². The molecule has 1 atom stereocenters. The molecule has 1 unspecified atom stereocenters. The molecule has 1 aliphatic carbocycles. The molecule has 2 rings (SSSR count). The molecule has 1 aliphatic rings. The molecule has 0 fully saturated rings. The number of carbonyl (C=O) groups excluding carboxylic acids is 1. The highest BCUT2D eigenvalue weighted by molar-refractivity contribution is 5.84. The molecule has 1 N–H and O–H groups in total. The summed E-state index contributed by atoms with van der Waals surface area (Å²) in [5.74, 6) is 2.32. The van der Waals surface area contributed by atoms with E-state index in [1.54, 1.807) is 0 Å². The topological polar surface area (TPSA) is 38.3 Å². The van der Waals surface area contributed by atoms with E-state index in [0.29, 0.717) is 19.6 Å². The predicted octanol–water partition coefficient (Wildman–Crippen LogP) is 1.92.